The number of thiocarbonyl (C=S) groups is 1. The molecule has 0 saturated carbocycles. The first-order valence-electron chi connectivity index (χ1n) is 11.2. The number of halogens is 2. The average Bonchev–Trinajstić information content (AvgIpc) is 2.86. The molecule has 182 valence electrons. The summed E-state index contributed by atoms with van der Waals surface area (Å²) in [4.78, 5) is 17.3. The molecule has 0 radical (unpaired) electrons. The van der Waals surface area contributed by atoms with E-state index in [9.17, 15) is 4.79 Å². The lowest BCUT2D eigenvalue weighted by Gasteiger charge is -2.36. The van der Waals surface area contributed by atoms with Crippen molar-refractivity contribution in [3.05, 3.63) is 87.4 Å². The van der Waals surface area contributed by atoms with Crippen LogP contribution in [0, 0.1) is 0 Å². The lowest BCUT2D eigenvalue weighted by molar-refractivity contribution is 0.0977. The number of benzene rings is 3. The van der Waals surface area contributed by atoms with Crippen LogP contribution in [0.3, 0.4) is 0 Å². The summed E-state index contributed by atoms with van der Waals surface area (Å²) in [6.07, 6.45) is 0. The van der Waals surface area contributed by atoms with Crippen LogP contribution in [0.15, 0.2) is 71.2 Å². The maximum absolute atomic E-state index is 12.5. The second-order valence-electron chi connectivity index (χ2n) is 8.16. The molecule has 0 aromatic heterocycles. The van der Waals surface area contributed by atoms with Crippen molar-refractivity contribution in [1.82, 2.24) is 10.2 Å². The molecule has 0 spiro atoms. The van der Waals surface area contributed by atoms with Gasteiger partial charge in [0.15, 0.2) is 5.11 Å². The number of amides is 1. The first-order chi connectivity index (χ1) is 16.9. The van der Waals surface area contributed by atoms with E-state index in [1.807, 2.05) is 30.3 Å². The molecule has 1 amide bonds. The van der Waals surface area contributed by atoms with Crippen LogP contribution in [0.4, 0.5) is 11.4 Å². The maximum Gasteiger partial charge on any atom is 0.257 e. The van der Waals surface area contributed by atoms with Gasteiger partial charge in [0.1, 0.15) is 5.75 Å². The van der Waals surface area contributed by atoms with E-state index >= 15 is 0 Å². The predicted octanol–water partition coefficient (Wildman–Crippen LogP) is 5.56. The minimum atomic E-state index is -0.294. The molecule has 3 aromatic rings. The van der Waals surface area contributed by atoms with E-state index in [-0.39, 0.29) is 11.0 Å². The van der Waals surface area contributed by atoms with Crippen molar-refractivity contribution in [2.24, 2.45) is 0 Å². The molecule has 2 N–H and O–H groups in total. The van der Waals surface area contributed by atoms with E-state index in [2.05, 4.69) is 54.6 Å². The standard InChI is InChI=1S/C26H26BrClN4O2S/c1-34-24-11-6-18(16-22(24)27)25(33)30-26(35)29-20-7-9-21(10-8-20)32-14-12-31(13-15-32)17-19-4-2-3-5-23(19)28/h2-11,16H,12-15,17H2,1H3,(H2,29,30,33,35). The Hall–Kier alpha value is -2.65. The Morgan fingerprint density at radius 2 is 1.77 bits per heavy atom. The van der Waals surface area contributed by atoms with Gasteiger partial charge in [0, 0.05) is 54.7 Å². The predicted molar refractivity (Wildman–Crippen MR) is 150 cm³/mol. The van der Waals surface area contributed by atoms with Crippen LogP contribution in [0.25, 0.3) is 0 Å². The van der Waals surface area contributed by atoms with Gasteiger partial charge in [-0.05, 0) is 82.2 Å². The lowest BCUT2D eigenvalue weighted by Crippen LogP contribution is -2.46. The summed E-state index contributed by atoms with van der Waals surface area (Å²) < 4.78 is 5.90. The van der Waals surface area contributed by atoms with Crippen LogP contribution in [-0.2, 0) is 6.54 Å². The number of ether oxygens (including phenoxy) is 1. The highest BCUT2D eigenvalue weighted by atomic mass is 79.9. The first kappa shape index (κ1) is 25.4. The third-order valence-electron chi connectivity index (χ3n) is 5.86. The van der Waals surface area contributed by atoms with Gasteiger partial charge in [0.25, 0.3) is 5.91 Å². The third-order valence-corrected chi connectivity index (χ3v) is 7.05. The number of nitrogens with zero attached hydrogens (tertiary/aromatic N) is 2. The number of hydrogen-bond acceptors (Lipinski definition) is 5. The van der Waals surface area contributed by atoms with Gasteiger partial charge >= 0.3 is 0 Å². The second kappa shape index (κ2) is 11.9. The molecule has 35 heavy (non-hydrogen) atoms. The number of anilines is 2. The highest BCUT2D eigenvalue weighted by Crippen LogP contribution is 2.26. The molecule has 1 heterocycles. The highest BCUT2D eigenvalue weighted by Gasteiger charge is 2.18. The van der Waals surface area contributed by atoms with E-state index < -0.39 is 0 Å². The Kier molecular flexibility index (Phi) is 8.62. The lowest BCUT2D eigenvalue weighted by atomic mass is 10.2. The Morgan fingerprint density at radius 3 is 2.43 bits per heavy atom. The van der Waals surface area contributed by atoms with Crippen molar-refractivity contribution in [3.8, 4) is 5.75 Å². The number of carbonyl (C=O) groups is 1. The van der Waals surface area contributed by atoms with Gasteiger partial charge in [-0.25, -0.2) is 0 Å². The zero-order valence-corrected chi connectivity index (χ0v) is 22.4. The number of nitrogens with one attached hydrogen (secondary N) is 2. The van der Waals surface area contributed by atoms with Crippen molar-refractivity contribution >= 4 is 62.1 Å². The van der Waals surface area contributed by atoms with E-state index in [0.29, 0.717) is 15.8 Å². The molecule has 0 aliphatic carbocycles. The van der Waals surface area contributed by atoms with Crippen LogP contribution in [0.1, 0.15) is 15.9 Å². The third kappa shape index (κ3) is 6.73. The molecule has 1 fully saturated rings. The van der Waals surface area contributed by atoms with E-state index in [1.54, 1.807) is 25.3 Å². The summed E-state index contributed by atoms with van der Waals surface area (Å²) in [7, 11) is 1.58. The summed E-state index contributed by atoms with van der Waals surface area (Å²) in [6.45, 7) is 4.71. The molecule has 0 bridgehead atoms. The normalized spacial score (nSPS) is 13.9. The van der Waals surface area contributed by atoms with Crippen LogP contribution < -0.4 is 20.3 Å². The van der Waals surface area contributed by atoms with Crippen molar-refractivity contribution < 1.29 is 9.53 Å². The van der Waals surface area contributed by atoms with Gasteiger partial charge in [0.05, 0.1) is 11.6 Å². The van der Waals surface area contributed by atoms with Gasteiger partial charge in [-0.3, -0.25) is 15.0 Å². The van der Waals surface area contributed by atoms with Crippen molar-refractivity contribution in [2.75, 3.05) is 43.5 Å². The van der Waals surface area contributed by atoms with Crippen LogP contribution in [0.5, 0.6) is 5.75 Å². The van der Waals surface area contributed by atoms with Gasteiger partial charge < -0.3 is 15.0 Å². The number of hydrogen-bond donors (Lipinski definition) is 2. The summed E-state index contributed by atoms with van der Waals surface area (Å²) in [5, 5.41) is 6.85. The fourth-order valence-electron chi connectivity index (χ4n) is 3.93. The molecule has 9 heteroatoms. The Morgan fingerprint density at radius 1 is 1.06 bits per heavy atom. The largest absolute Gasteiger partial charge is 0.496 e. The fourth-order valence-corrected chi connectivity index (χ4v) is 4.88. The maximum atomic E-state index is 12.5. The number of methoxy groups -OCH3 is 1. The number of carbonyl (C=O) groups excluding carboxylic acids is 1. The highest BCUT2D eigenvalue weighted by molar-refractivity contribution is 9.10. The Balaban J connectivity index is 1.26. The number of rotatable bonds is 6. The van der Waals surface area contributed by atoms with Crippen LogP contribution in [0.2, 0.25) is 5.02 Å². The van der Waals surface area contributed by atoms with E-state index in [1.165, 1.54) is 5.56 Å². The Bertz CT molecular complexity index is 1200. The number of piperazine rings is 1. The van der Waals surface area contributed by atoms with Gasteiger partial charge in [-0.2, -0.15) is 0 Å². The second-order valence-corrected chi connectivity index (χ2v) is 9.83. The van der Waals surface area contributed by atoms with Gasteiger partial charge in [-0.1, -0.05) is 29.8 Å². The van der Waals surface area contributed by atoms with Crippen molar-refractivity contribution in [1.29, 1.82) is 0 Å². The first-order valence-corrected chi connectivity index (χ1v) is 12.8. The molecule has 1 aliphatic heterocycles. The molecule has 3 aromatic carbocycles. The summed E-state index contributed by atoms with van der Waals surface area (Å²) in [6, 6.07) is 21.2. The van der Waals surface area contributed by atoms with Crippen molar-refractivity contribution in [3.63, 3.8) is 0 Å². The Labute approximate surface area is 224 Å². The van der Waals surface area contributed by atoms with E-state index in [4.69, 9.17) is 28.6 Å². The minimum Gasteiger partial charge on any atom is -0.496 e. The quantitative estimate of drug-likeness (QED) is 0.377. The molecule has 4 rings (SSSR count). The van der Waals surface area contributed by atoms with Crippen LogP contribution in [-0.4, -0.2) is 49.2 Å². The molecular formula is C26H26BrClN4O2S. The topological polar surface area (TPSA) is 56.8 Å². The summed E-state index contributed by atoms with van der Waals surface area (Å²) in [5.74, 6) is 0.362. The smallest absolute Gasteiger partial charge is 0.257 e. The molecule has 6 nitrogen and oxygen atoms in total. The van der Waals surface area contributed by atoms with Gasteiger partial charge in [0.2, 0.25) is 0 Å². The monoisotopic (exact) mass is 572 g/mol. The zero-order chi connectivity index (χ0) is 24.8. The molecular weight excluding hydrogens is 548 g/mol. The van der Waals surface area contributed by atoms with Crippen molar-refractivity contribution in [2.45, 2.75) is 6.54 Å². The fraction of sp³-hybridized carbons (Fsp3) is 0.231. The van der Waals surface area contributed by atoms with Crippen LogP contribution >= 0.6 is 39.7 Å². The molecule has 1 saturated heterocycles. The zero-order valence-electron chi connectivity index (χ0n) is 19.3. The van der Waals surface area contributed by atoms with Gasteiger partial charge in [-0.15, -0.1) is 0 Å². The van der Waals surface area contributed by atoms with E-state index in [0.717, 1.165) is 49.1 Å². The molecule has 0 unspecified atom stereocenters. The molecule has 0 atom stereocenters. The summed E-state index contributed by atoms with van der Waals surface area (Å²) in [5.41, 5.74) is 3.62. The average molecular weight is 574 g/mol. The molecule has 1 aliphatic rings. The minimum absolute atomic E-state index is 0.239. The SMILES string of the molecule is COc1ccc(C(=O)NC(=S)Nc2ccc(N3CCN(Cc4ccccc4Cl)CC3)cc2)cc1Br. The summed E-state index contributed by atoms with van der Waals surface area (Å²) >= 11 is 15.0.